The summed E-state index contributed by atoms with van der Waals surface area (Å²) in [6.45, 7) is 41.0. The van der Waals surface area contributed by atoms with Gasteiger partial charge in [-0.05, 0) is 56.3 Å². The Morgan fingerprint density at radius 3 is 0.513 bits per heavy atom. The van der Waals surface area contributed by atoms with Crippen LogP contribution in [0.3, 0.4) is 0 Å². The van der Waals surface area contributed by atoms with Gasteiger partial charge in [0, 0.05) is 28.3 Å². The normalized spacial score (nSPS) is 12.6. The van der Waals surface area contributed by atoms with Gasteiger partial charge in [0.05, 0.1) is 0 Å². The Balaban J connectivity index is -0.000000135. The van der Waals surface area contributed by atoms with Crippen LogP contribution in [0.25, 0.3) is 0 Å². The van der Waals surface area contributed by atoms with Crippen LogP contribution >= 0.6 is 0 Å². The van der Waals surface area contributed by atoms with Crippen LogP contribution in [0.15, 0.2) is 0 Å². The molecule has 4 nitrogen and oxygen atoms in total. The van der Waals surface area contributed by atoms with E-state index in [2.05, 4.69) is 132 Å². The average molecular weight is 645 g/mol. The van der Waals surface area contributed by atoms with E-state index in [4.69, 9.17) is 5.11 Å². The Bertz CT molecular complexity index is 413. The monoisotopic (exact) mass is 644 g/mol. The first-order valence-corrected chi connectivity index (χ1v) is 22.2. The third-order valence-electron chi connectivity index (χ3n) is 8.84. The van der Waals surface area contributed by atoms with Gasteiger partial charge in [-0.25, -0.2) is 0 Å². The third kappa shape index (κ3) is 16.6. The number of aliphatic hydroxyl groups excluding tert-OH is 1. The predicted octanol–water partition coefficient (Wildman–Crippen LogP) is 10.2. The van der Waals surface area contributed by atoms with E-state index in [0.29, 0.717) is 56.5 Å². The molecule has 0 atom stereocenters. The molecule has 0 aliphatic rings. The summed E-state index contributed by atoms with van der Waals surface area (Å²) in [4.78, 5) is 31.1. The molecule has 0 aliphatic carbocycles. The summed E-state index contributed by atoms with van der Waals surface area (Å²) in [6, 6.07) is 0. The fourth-order valence-electron chi connectivity index (χ4n) is 6.16. The molecule has 0 saturated heterocycles. The van der Waals surface area contributed by atoms with Crippen molar-refractivity contribution in [3.63, 3.8) is 0 Å². The second-order valence-corrected chi connectivity index (χ2v) is 29.8. The number of hydrogen-bond acceptors (Lipinski definition) is 4. The largest absolute Gasteiger partial charge is 0.431 e. The molecule has 0 bridgehead atoms. The van der Waals surface area contributed by atoms with E-state index in [-0.39, 0.29) is 21.7 Å². The molecule has 0 aromatic heterocycles. The Morgan fingerprint density at radius 2 is 0.513 bits per heavy atom. The van der Waals surface area contributed by atoms with E-state index in [1.807, 2.05) is 0 Å². The maximum atomic E-state index is 10.4. The standard InChI is InChI=1S/3C9H22OSi.C4H10O.Ti/c3*1-7(2)11(10,8(3)4)9(5)6;1-2-3-4-5;/h3*7-10H,1-6H3;5H,2-4H2,1H3;. The van der Waals surface area contributed by atoms with Gasteiger partial charge in [-0.1, -0.05) is 138 Å². The van der Waals surface area contributed by atoms with Gasteiger partial charge in [-0.3, -0.25) is 0 Å². The van der Waals surface area contributed by atoms with E-state index >= 15 is 0 Å². The van der Waals surface area contributed by atoms with Gasteiger partial charge in [-0.2, -0.15) is 0 Å². The Kier molecular flexibility index (Phi) is 30.2. The number of rotatable bonds is 11. The van der Waals surface area contributed by atoms with Gasteiger partial charge in [0.25, 0.3) is 0 Å². The molecular weight excluding hydrogens is 568 g/mol. The van der Waals surface area contributed by atoms with Crippen molar-refractivity contribution in [2.24, 2.45) is 0 Å². The summed E-state index contributed by atoms with van der Waals surface area (Å²) in [6.07, 6.45) is 2.04. The van der Waals surface area contributed by atoms with Crippen molar-refractivity contribution in [3.05, 3.63) is 0 Å². The first kappa shape index (κ1) is 49.9. The van der Waals surface area contributed by atoms with Crippen molar-refractivity contribution < 1.29 is 41.2 Å². The van der Waals surface area contributed by atoms with Crippen LogP contribution in [0, 0.1) is 0 Å². The maximum Gasteiger partial charge on any atom is 0.196 e. The second kappa shape index (κ2) is 23.6. The smallest absolute Gasteiger partial charge is 0.196 e. The summed E-state index contributed by atoms with van der Waals surface area (Å²) in [7, 11) is -5.94. The molecule has 0 aliphatic heterocycles. The molecule has 39 heavy (non-hydrogen) atoms. The van der Waals surface area contributed by atoms with E-state index < -0.39 is 25.0 Å². The van der Waals surface area contributed by atoms with Gasteiger partial charge < -0.3 is 19.5 Å². The summed E-state index contributed by atoms with van der Waals surface area (Å²) >= 11 is 0. The minimum atomic E-state index is -1.98. The Morgan fingerprint density at radius 1 is 0.385 bits per heavy atom. The molecule has 0 spiro atoms. The van der Waals surface area contributed by atoms with Crippen LogP contribution in [-0.4, -0.2) is 51.1 Å². The van der Waals surface area contributed by atoms with Crippen molar-refractivity contribution in [1.29, 1.82) is 0 Å². The van der Waals surface area contributed by atoms with E-state index in [0.717, 1.165) is 12.8 Å². The summed E-state index contributed by atoms with van der Waals surface area (Å²) in [5.41, 5.74) is 4.27. The summed E-state index contributed by atoms with van der Waals surface area (Å²) in [5.74, 6) is 0. The van der Waals surface area contributed by atoms with Gasteiger partial charge in [0.1, 0.15) is 0 Å². The van der Waals surface area contributed by atoms with Crippen LogP contribution in [0.4, 0.5) is 0 Å². The average Bonchev–Trinajstić information content (AvgIpc) is 2.77. The zero-order valence-corrected chi connectivity index (χ0v) is 34.7. The zero-order valence-electron chi connectivity index (χ0n) is 30.1. The van der Waals surface area contributed by atoms with Crippen molar-refractivity contribution in [1.82, 2.24) is 0 Å². The number of hydrogen-bond donors (Lipinski definition) is 4. The molecule has 0 aromatic rings. The summed E-state index contributed by atoms with van der Waals surface area (Å²) in [5, 5.41) is 8.07. The molecular formula is C31H76O4Si3Ti. The molecule has 0 rings (SSSR count). The van der Waals surface area contributed by atoms with Crippen molar-refractivity contribution in [2.75, 3.05) is 6.61 Å². The van der Waals surface area contributed by atoms with Crippen LogP contribution in [0.1, 0.15) is 144 Å². The molecule has 0 saturated carbocycles. The van der Waals surface area contributed by atoms with Gasteiger partial charge in [-0.15, -0.1) is 0 Å². The van der Waals surface area contributed by atoms with E-state index in [1.165, 1.54) is 0 Å². The van der Waals surface area contributed by atoms with Gasteiger partial charge >= 0.3 is 0 Å². The van der Waals surface area contributed by atoms with Crippen LogP contribution in [0.2, 0.25) is 49.9 Å². The molecule has 0 fully saturated rings. The minimum Gasteiger partial charge on any atom is -0.431 e. The molecule has 4 N–H and O–H groups in total. The van der Waals surface area contributed by atoms with E-state index in [9.17, 15) is 14.4 Å². The first-order chi connectivity index (χ1) is 16.9. The fraction of sp³-hybridized carbons (Fsp3) is 1.00. The van der Waals surface area contributed by atoms with Crippen LogP contribution in [-0.2, 0) is 21.7 Å². The van der Waals surface area contributed by atoms with Crippen molar-refractivity contribution in [2.45, 2.75) is 194 Å². The van der Waals surface area contributed by atoms with Crippen LogP contribution < -0.4 is 0 Å². The third-order valence-corrected chi connectivity index (χ3v) is 25.5. The number of unbranched alkanes of at least 4 members (excludes halogenated alkanes) is 1. The quantitative estimate of drug-likeness (QED) is 0.169. The topological polar surface area (TPSA) is 80.9 Å². The molecule has 240 valence electrons. The fourth-order valence-corrected chi connectivity index (χ4v) is 18.2. The number of aliphatic hydroxyl groups is 1. The first-order valence-electron chi connectivity index (χ1n) is 15.7. The van der Waals surface area contributed by atoms with Crippen LogP contribution in [0.5, 0.6) is 0 Å². The Hall–Kier alpha value is 1.20. The Labute approximate surface area is 265 Å². The molecule has 0 heterocycles. The molecule has 0 radical (unpaired) electrons. The molecule has 0 amide bonds. The van der Waals surface area contributed by atoms with Crippen molar-refractivity contribution in [3.8, 4) is 0 Å². The van der Waals surface area contributed by atoms with Crippen molar-refractivity contribution >= 4 is 25.0 Å². The molecule has 0 aromatic carbocycles. The maximum absolute atomic E-state index is 10.4. The minimum absolute atomic E-state index is 0. The SMILES string of the molecule is CC(C)[Si](O)(C(C)C)C(C)C.CC(C)[Si](O)(C(C)C)C(C)C.CC(C)[Si](O)(C(C)C)C(C)C.CCCCO.[Ti]. The zero-order chi connectivity index (χ0) is 31.8. The summed E-state index contributed by atoms with van der Waals surface area (Å²) < 4.78 is 0. The second-order valence-electron chi connectivity index (χ2n) is 14.1. The van der Waals surface area contributed by atoms with Gasteiger partial charge in [0.15, 0.2) is 25.0 Å². The van der Waals surface area contributed by atoms with Gasteiger partial charge in [0.2, 0.25) is 0 Å². The predicted molar refractivity (Wildman–Crippen MR) is 182 cm³/mol. The van der Waals surface area contributed by atoms with E-state index in [1.54, 1.807) is 0 Å². The molecule has 0 unspecified atom stereocenters. The molecule has 8 heteroatoms.